The second-order valence-corrected chi connectivity index (χ2v) is 1.75. The van der Waals surface area contributed by atoms with E-state index < -0.39 is 0 Å². The summed E-state index contributed by atoms with van der Waals surface area (Å²) < 4.78 is 0. The summed E-state index contributed by atoms with van der Waals surface area (Å²) >= 11 is 0. The maximum Gasteiger partial charge on any atom is -0.0295 e. The molecular formula is C7H13. The van der Waals surface area contributed by atoms with Crippen LogP contribution >= 0.6 is 0 Å². The lowest BCUT2D eigenvalue weighted by atomic mass is 10.2. The molecule has 0 atom stereocenters. The minimum atomic E-state index is 1.14. The van der Waals surface area contributed by atoms with Crippen LogP contribution in [0.1, 0.15) is 27.2 Å². The summed E-state index contributed by atoms with van der Waals surface area (Å²) in [6.45, 7) is 6.28. The lowest BCUT2D eigenvalue weighted by Gasteiger charge is -1.90. The van der Waals surface area contributed by atoms with Crippen molar-refractivity contribution in [2.24, 2.45) is 0 Å². The fourth-order valence-corrected chi connectivity index (χ4v) is 0.440. The zero-order valence-electron chi connectivity index (χ0n) is 5.36. The van der Waals surface area contributed by atoms with Gasteiger partial charge in [0.1, 0.15) is 0 Å². The number of rotatable bonds is 2. The first-order valence-electron chi connectivity index (χ1n) is 2.71. The van der Waals surface area contributed by atoms with Crippen molar-refractivity contribution < 1.29 is 0 Å². The van der Waals surface area contributed by atoms with E-state index >= 15 is 0 Å². The smallest absolute Gasteiger partial charge is 0.0295 e. The van der Waals surface area contributed by atoms with Crippen LogP contribution < -0.4 is 0 Å². The van der Waals surface area contributed by atoms with Crippen molar-refractivity contribution in [3.05, 3.63) is 18.1 Å². The van der Waals surface area contributed by atoms with Crippen molar-refractivity contribution in [2.45, 2.75) is 27.2 Å². The summed E-state index contributed by atoms with van der Waals surface area (Å²) in [6, 6.07) is 0. The number of allylic oxidation sites excluding steroid dienone is 2. The van der Waals surface area contributed by atoms with E-state index in [1.54, 1.807) is 0 Å². The molecule has 0 aromatic heterocycles. The molecule has 0 spiro atoms. The van der Waals surface area contributed by atoms with E-state index in [0.29, 0.717) is 0 Å². The molecule has 0 aliphatic heterocycles. The van der Waals surface area contributed by atoms with Gasteiger partial charge in [-0.1, -0.05) is 18.6 Å². The molecule has 0 unspecified atom stereocenters. The van der Waals surface area contributed by atoms with Crippen molar-refractivity contribution in [1.29, 1.82) is 0 Å². The highest BCUT2D eigenvalue weighted by Crippen LogP contribution is 1.99. The molecule has 41 valence electrons. The lowest BCUT2D eigenvalue weighted by Crippen LogP contribution is -1.71. The van der Waals surface area contributed by atoms with Crippen LogP contribution in [0.5, 0.6) is 0 Å². The Hall–Kier alpha value is -0.260. The number of hydrogen-bond donors (Lipinski definition) is 0. The van der Waals surface area contributed by atoms with Crippen LogP contribution in [0.4, 0.5) is 0 Å². The van der Waals surface area contributed by atoms with Gasteiger partial charge in [-0.25, -0.2) is 0 Å². The average Bonchev–Trinajstić information content (AvgIpc) is 1.68. The van der Waals surface area contributed by atoms with Crippen molar-refractivity contribution in [3.8, 4) is 0 Å². The first-order valence-corrected chi connectivity index (χ1v) is 2.71. The molecule has 0 heterocycles. The third-order valence-corrected chi connectivity index (χ3v) is 1.02. The largest absolute Gasteiger partial charge is 0.0887 e. The van der Waals surface area contributed by atoms with E-state index in [2.05, 4.69) is 33.3 Å². The zero-order valence-corrected chi connectivity index (χ0v) is 5.36. The molecule has 0 bridgehead atoms. The number of hydrogen-bond acceptors (Lipinski definition) is 0. The maximum absolute atomic E-state index is 2.16. The monoisotopic (exact) mass is 97.1 g/mol. The highest BCUT2D eigenvalue weighted by atomic mass is 13.9. The SMILES string of the molecule is C[CH]CC(C)=CC. The molecular weight excluding hydrogens is 84.1 g/mol. The summed E-state index contributed by atoms with van der Waals surface area (Å²) in [7, 11) is 0. The molecule has 0 aromatic rings. The van der Waals surface area contributed by atoms with Crippen LogP contribution in [0.3, 0.4) is 0 Å². The Bertz CT molecular complexity index is 60.4. The molecule has 0 aliphatic carbocycles. The minimum Gasteiger partial charge on any atom is -0.0887 e. The molecule has 0 amide bonds. The lowest BCUT2D eigenvalue weighted by molar-refractivity contribution is 1.10. The average molecular weight is 97.2 g/mol. The van der Waals surface area contributed by atoms with Gasteiger partial charge in [0.25, 0.3) is 0 Å². The first kappa shape index (κ1) is 6.74. The van der Waals surface area contributed by atoms with Gasteiger partial charge < -0.3 is 0 Å². The van der Waals surface area contributed by atoms with Crippen molar-refractivity contribution in [3.63, 3.8) is 0 Å². The molecule has 0 N–H and O–H groups in total. The van der Waals surface area contributed by atoms with Crippen LogP contribution in [0.15, 0.2) is 11.6 Å². The van der Waals surface area contributed by atoms with Gasteiger partial charge in [-0.15, -0.1) is 0 Å². The van der Waals surface area contributed by atoms with Crippen LogP contribution in [0.2, 0.25) is 0 Å². The summed E-state index contributed by atoms with van der Waals surface area (Å²) in [5.74, 6) is 0. The second-order valence-electron chi connectivity index (χ2n) is 1.75. The van der Waals surface area contributed by atoms with Crippen LogP contribution in [0.25, 0.3) is 0 Å². The van der Waals surface area contributed by atoms with Gasteiger partial charge in [0, 0.05) is 0 Å². The molecule has 0 aliphatic rings. The highest BCUT2D eigenvalue weighted by molar-refractivity contribution is 4.98. The van der Waals surface area contributed by atoms with Crippen LogP contribution in [0, 0.1) is 6.42 Å². The fourth-order valence-electron chi connectivity index (χ4n) is 0.440. The molecule has 0 saturated carbocycles. The molecule has 7 heavy (non-hydrogen) atoms. The van der Waals surface area contributed by atoms with Gasteiger partial charge in [-0.3, -0.25) is 0 Å². The summed E-state index contributed by atoms with van der Waals surface area (Å²) in [4.78, 5) is 0. The Morgan fingerprint density at radius 1 is 1.43 bits per heavy atom. The Morgan fingerprint density at radius 2 is 2.00 bits per heavy atom. The van der Waals surface area contributed by atoms with Crippen LogP contribution in [-0.2, 0) is 0 Å². The molecule has 0 heteroatoms. The van der Waals surface area contributed by atoms with E-state index in [1.165, 1.54) is 5.57 Å². The summed E-state index contributed by atoms with van der Waals surface area (Å²) in [6.07, 6.45) is 5.44. The summed E-state index contributed by atoms with van der Waals surface area (Å²) in [5, 5.41) is 0. The van der Waals surface area contributed by atoms with Crippen molar-refractivity contribution in [1.82, 2.24) is 0 Å². The van der Waals surface area contributed by atoms with Crippen molar-refractivity contribution in [2.75, 3.05) is 0 Å². The predicted octanol–water partition coefficient (Wildman–Crippen LogP) is 2.57. The van der Waals surface area contributed by atoms with E-state index in [1.807, 2.05) is 0 Å². The Labute approximate surface area is 46.2 Å². The zero-order chi connectivity index (χ0) is 5.70. The van der Waals surface area contributed by atoms with Gasteiger partial charge in [-0.05, 0) is 26.7 Å². The van der Waals surface area contributed by atoms with E-state index in [4.69, 9.17) is 0 Å². The van der Waals surface area contributed by atoms with E-state index in [-0.39, 0.29) is 0 Å². The van der Waals surface area contributed by atoms with Crippen molar-refractivity contribution >= 4 is 0 Å². The Morgan fingerprint density at radius 3 is 2.14 bits per heavy atom. The molecule has 1 radical (unpaired) electrons. The van der Waals surface area contributed by atoms with Gasteiger partial charge >= 0.3 is 0 Å². The fraction of sp³-hybridized carbons (Fsp3) is 0.571. The quantitative estimate of drug-likeness (QED) is 0.464. The van der Waals surface area contributed by atoms with Gasteiger partial charge in [0.2, 0.25) is 0 Å². The topological polar surface area (TPSA) is 0 Å². The Balaban J connectivity index is 3.17. The van der Waals surface area contributed by atoms with E-state index in [9.17, 15) is 0 Å². The third kappa shape index (κ3) is 3.57. The Kier molecular flexibility index (Phi) is 3.77. The van der Waals surface area contributed by atoms with Gasteiger partial charge in [0.15, 0.2) is 0 Å². The van der Waals surface area contributed by atoms with Gasteiger partial charge in [-0.2, -0.15) is 0 Å². The molecule has 0 nitrogen and oxygen atoms in total. The predicted molar refractivity (Wildman–Crippen MR) is 34.0 cm³/mol. The summed E-state index contributed by atoms with van der Waals surface area (Å²) in [5.41, 5.74) is 1.45. The highest BCUT2D eigenvalue weighted by Gasteiger charge is 1.80. The third-order valence-electron chi connectivity index (χ3n) is 1.02. The maximum atomic E-state index is 2.16. The standard InChI is InChI=1S/C7H13/c1-4-6-7(3)5-2/h4-5H,6H2,1-3H3. The molecule has 0 saturated heterocycles. The first-order chi connectivity index (χ1) is 3.31. The minimum absolute atomic E-state index is 1.14. The molecule has 0 rings (SSSR count). The second kappa shape index (κ2) is 3.91. The molecule has 0 aromatic carbocycles. The normalized spacial score (nSPS) is 12.1. The molecule has 0 fully saturated rings. The van der Waals surface area contributed by atoms with E-state index in [0.717, 1.165) is 6.42 Å². The van der Waals surface area contributed by atoms with Gasteiger partial charge in [0.05, 0.1) is 0 Å². The van der Waals surface area contributed by atoms with Crippen LogP contribution in [-0.4, -0.2) is 0 Å².